The third-order valence-electron chi connectivity index (χ3n) is 6.73. The van der Waals surface area contributed by atoms with Crippen molar-refractivity contribution in [1.29, 1.82) is 0 Å². The van der Waals surface area contributed by atoms with Crippen molar-refractivity contribution in [1.82, 2.24) is 29.7 Å². The van der Waals surface area contributed by atoms with Crippen molar-refractivity contribution in [2.45, 2.75) is 5.41 Å². The first-order valence-electron chi connectivity index (χ1n) is 11.0. The summed E-state index contributed by atoms with van der Waals surface area (Å²) in [6, 6.07) is 24.6. The molecule has 1 aliphatic carbocycles. The molecule has 0 radical (unpaired) electrons. The average molecular weight is 441 g/mol. The Hall–Kier alpha value is -4.74. The second-order valence-corrected chi connectivity index (χ2v) is 8.44. The van der Waals surface area contributed by atoms with Gasteiger partial charge >= 0.3 is 17.6 Å². The minimum atomic E-state index is -0.580. The zero-order chi connectivity index (χ0) is 22.7. The Morgan fingerprint density at radius 2 is 1.68 bits per heavy atom. The van der Waals surface area contributed by atoms with Crippen LogP contribution in [0.25, 0.3) is 11.1 Å². The van der Waals surface area contributed by atoms with Gasteiger partial charge in [-0.3, -0.25) is 10.1 Å². The Labute approximate surface area is 195 Å². The maximum absolute atomic E-state index is 4.57. The van der Waals surface area contributed by atoms with E-state index in [2.05, 4.69) is 85.8 Å². The summed E-state index contributed by atoms with van der Waals surface area (Å²) in [6.45, 7) is 0. The van der Waals surface area contributed by atoms with E-state index in [0.29, 0.717) is 0 Å². The number of benzene rings is 2. The molecule has 3 aromatic heterocycles. The van der Waals surface area contributed by atoms with Crippen molar-refractivity contribution in [3.05, 3.63) is 114 Å². The number of pyridine rings is 1. The van der Waals surface area contributed by atoms with Gasteiger partial charge in [0.05, 0.1) is 17.3 Å². The Bertz CT molecular complexity index is 1610. The van der Waals surface area contributed by atoms with E-state index in [1.807, 2.05) is 34.7 Å². The van der Waals surface area contributed by atoms with E-state index >= 15 is 0 Å². The Kier molecular flexibility index (Phi) is 3.80. The molecule has 0 saturated carbocycles. The molecule has 160 valence electrons. The molecule has 0 saturated heterocycles. The van der Waals surface area contributed by atoms with Crippen LogP contribution in [-0.4, -0.2) is 42.8 Å². The van der Waals surface area contributed by atoms with Gasteiger partial charge < -0.3 is 0 Å². The lowest BCUT2D eigenvalue weighted by molar-refractivity contribution is -0.398. The number of fused-ring (bicyclic) bond motifs is 4. The lowest BCUT2D eigenvalue weighted by Gasteiger charge is -2.31. The molecular formula is C27H19N7+2. The van der Waals surface area contributed by atoms with Gasteiger partial charge in [-0.15, -0.1) is 4.58 Å². The Balaban J connectivity index is 1.54. The van der Waals surface area contributed by atoms with Crippen LogP contribution in [0.15, 0.2) is 91.6 Å². The van der Waals surface area contributed by atoms with E-state index < -0.39 is 5.41 Å². The van der Waals surface area contributed by atoms with Gasteiger partial charge in [0.15, 0.2) is 11.9 Å². The summed E-state index contributed by atoms with van der Waals surface area (Å²) in [5.74, 6) is 1.53. The zero-order valence-corrected chi connectivity index (χ0v) is 18.3. The summed E-state index contributed by atoms with van der Waals surface area (Å²) in [4.78, 5) is 13.6. The monoisotopic (exact) mass is 441 g/mol. The summed E-state index contributed by atoms with van der Waals surface area (Å²) in [5, 5.41) is 7.60. The number of nitrogens with one attached hydrogen (secondary N) is 1. The van der Waals surface area contributed by atoms with Crippen LogP contribution in [0.2, 0.25) is 0 Å². The topological polar surface area (TPSA) is 73.4 Å². The predicted molar refractivity (Wildman–Crippen MR) is 128 cm³/mol. The molecule has 1 unspecified atom stereocenters. The van der Waals surface area contributed by atoms with E-state index in [0.717, 1.165) is 34.1 Å². The molecule has 1 N–H and O–H groups in total. The first-order valence-corrected chi connectivity index (χ1v) is 11.0. The second kappa shape index (κ2) is 6.88. The minimum absolute atomic E-state index is 0.580. The van der Waals surface area contributed by atoms with E-state index in [1.54, 1.807) is 18.6 Å². The van der Waals surface area contributed by atoms with Crippen molar-refractivity contribution in [3.8, 4) is 11.1 Å². The number of H-pyrrole nitrogens is 1. The summed E-state index contributed by atoms with van der Waals surface area (Å²) in [5.41, 5.74) is 7.19. The van der Waals surface area contributed by atoms with Crippen LogP contribution >= 0.6 is 0 Å². The highest BCUT2D eigenvalue weighted by Gasteiger charge is 2.48. The summed E-state index contributed by atoms with van der Waals surface area (Å²) in [6.07, 6.45) is 9.04. The van der Waals surface area contributed by atoms with Crippen LogP contribution in [0.5, 0.6) is 0 Å². The van der Waals surface area contributed by atoms with Gasteiger partial charge in [0.1, 0.15) is 7.05 Å². The highest BCUT2D eigenvalue weighted by atomic mass is 15.2. The van der Waals surface area contributed by atoms with Crippen molar-refractivity contribution in [2.75, 3.05) is 7.05 Å². The molecule has 0 bridgehead atoms. The fourth-order valence-electron chi connectivity index (χ4n) is 5.36. The molecule has 1 atom stereocenters. The van der Waals surface area contributed by atoms with Gasteiger partial charge in [0.2, 0.25) is 0 Å². The van der Waals surface area contributed by atoms with Gasteiger partial charge in [-0.25, -0.2) is 0 Å². The zero-order valence-electron chi connectivity index (χ0n) is 18.3. The SMILES string of the molecule is C[N+]1=C=[N+](c2cccc(C3(c4ccn[nH]4)c4ccccc4-c4ccncc43)c2)c2nccnc21. The lowest BCUT2D eigenvalue weighted by Crippen LogP contribution is -2.29. The molecule has 0 fully saturated rings. The van der Waals surface area contributed by atoms with E-state index in [1.165, 1.54) is 16.7 Å². The van der Waals surface area contributed by atoms with Crippen molar-refractivity contribution >= 4 is 23.3 Å². The normalized spacial score (nSPS) is 17.6. The lowest BCUT2D eigenvalue weighted by atomic mass is 9.70. The molecule has 5 aromatic rings. The first-order chi connectivity index (χ1) is 16.8. The van der Waals surface area contributed by atoms with Gasteiger partial charge in [-0.1, -0.05) is 41.0 Å². The first kappa shape index (κ1) is 18.8. The predicted octanol–water partition coefficient (Wildman–Crippen LogP) is 4.25. The maximum Gasteiger partial charge on any atom is 0.474 e. The van der Waals surface area contributed by atoms with Gasteiger partial charge in [-0.2, -0.15) is 10.1 Å². The standard InChI is InChI=1S/C27H19N7/c1-33-17-34(26-25(33)29-13-14-30-26)19-6-4-5-18(15-19)27(24-10-12-31-32-24)22-8-3-2-7-20(22)21-9-11-28-16-23(21)27/h2-16H,1H3,(H,31,32)/q+2. The summed E-state index contributed by atoms with van der Waals surface area (Å²) >= 11 is 0. The third-order valence-corrected chi connectivity index (χ3v) is 6.73. The van der Waals surface area contributed by atoms with Crippen LogP contribution in [0.4, 0.5) is 17.3 Å². The largest absolute Gasteiger partial charge is 0.474 e. The number of nitrogens with zero attached hydrogens (tertiary/aromatic N) is 6. The maximum atomic E-state index is 4.57. The molecule has 2 aliphatic rings. The summed E-state index contributed by atoms with van der Waals surface area (Å²) in [7, 11) is 1.93. The quantitative estimate of drug-likeness (QED) is 0.417. The number of aromatic amines is 1. The van der Waals surface area contributed by atoms with E-state index in [-0.39, 0.29) is 0 Å². The number of rotatable bonds is 3. The molecule has 2 aromatic carbocycles. The van der Waals surface area contributed by atoms with Crippen LogP contribution in [0.3, 0.4) is 0 Å². The second-order valence-electron chi connectivity index (χ2n) is 8.44. The molecule has 34 heavy (non-hydrogen) atoms. The molecule has 7 heteroatoms. The average Bonchev–Trinajstić information content (AvgIpc) is 3.61. The van der Waals surface area contributed by atoms with Crippen LogP contribution < -0.4 is 4.58 Å². The minimum Gasteiger partial charge on any atom is -0.281 e. The van der Waals surface area contributed by atoms with E-state index in [4.69, 9.17) is 0 Å². The van der Waals surface area contributed by atoms with Gasteiger partial charge in [0, 0.05) is 23.6 Å². The molecule has 0 spiro atoms. The van der Waals surface area contributed by atoms with Crippen molar-refractivity contribution < 1.29 is 4.58 Å². The van der Waals surface area contributed by atoms with Gasteiger partial charge in [0.25, 0.3) is 0 Å². The third kappa shape index (κ3) is 2.36. The highest BCUT2D eigenvalue weighted by molar-refractivity contribution is 5.85. The molecule has 7 nitrogen and oxygen atoms in total. The van der Waals surface area contributed by atoms with Gasteiger partial charge in [-0.05, 0) is 52.1 Å². The number of hydrogen-bond donors (Lipinski definition) is 1. The fourth-order valence-corrected chi connectivity index (χ4v) is 5.36. The number of aromatic nitrogens is 5. The summed E-state index contributed by atoms with van der Waals surface area (Å²) < 4.78 is 3.82. The Morgan fingerprint density at radius 3 is 2.56 bits per heavy atom. The van der Waals surface area contributed by atoms with E-state index in [9.17, 15) is 0 Å². The van der Waals surface area contributed by atoms with Crippen LogP contribution in [0, 0.1) is 0 Å². The fraction of sp³-hybridized carbons (Fsp3) is 0.0741. The molecule has 1 aliphatic heterocycles. The molecular weight excluding hydrogens is 422 g/mol. The molecule has 4 heterocycles. The highest BCUT2D eigenvalue weighted by Crippen LogP contribution is 2.55. The van der Waals surface area contributed by atoms with Crippen LogP contribution in [0.1, 0.15) is 22.4 Å². The Morgan fingerprint density at radius 1 is 0.824 bits per heavy atom. The van der Waals surface area contributed by atoms with Crippen molar-refractivity contribution in [3.63, 3.8) is 0 Å². The van der Waals surface area contributed by atoms with Crippen molar-refractivity contribution in [2.24, 2.45) is 0 Å². The molecule has 7 rings (SSSR count). The number of hydrogen-bond acceptors (Lipinski definition) is 4. The van der Waals surface area contributed by atoms with Crippen LogP contribution in [-0.2, 0) is 5.41 Å². The molecule has 0 amide bonds. The smallest absolute Gasteiger partial charge is 0.281 e.